The van der Waals surface area contributed by atoms with Crippen LogP contribution in [0.15, 0.2) is 66.7 Å². The number of ether oxygens (including phenoxy) is 3. The summed E-state index contributed by atoms with van der Waals surface area (Å²) in [5, 5.41) is 4.95. The van der Waals surface area contributed by atoms with E-state index in [1.807, 2.05) is 66.7 Å². The predicted molar refractivity (Wildman–Crippen MR) is 103 cm³/mol. The van der Waals surface area contributed by atoms with Gasteiger partial charge in [-0.3, -0.25) is 4.79 Å². The van der Waals surface area contributed by atoms with E-state index in [4.69, 9.17) is 14.2 Å². The van der Waals surface area contributed by atoms with Gasteiger partial charge in [-0.1, -0.05) is 48.5 Å². The number of fused-ring (bicyclic) bond motifs is 2. The lowest BCUT2D eigenvalue weighted by molar-refractivity contribution is -0.127. The molecule has 0 fully saturated rings. The zero-order valence-corrected chi connectivity index (χ0v) is 15.1. The van der Waals surface area contributed by atoms with Gasteiger partial charge in [0.1, 0.15) is 18.5 Å². The summed E-state index contributed by atoms with van der Waals surface area (Å²) in [5.41, 5.74) is 0. The van der Waals surface area contributed by atoms with Gasteiger partial charge in [-0.2, -0.15) is 0 Å². The fourth-order valence-electron chi connectivity index (χ4n) is 3.06. The van der Waals surface area contributed by atoms with Crippen LogP contribution in [0.3, 0.4) is 0 Å². The van der Waals surface area contributed by atoms with Gasteiger partial charge in [0, 0.05) is 5.39 Å². The first-order valence-electron chi connectivity index (χ1n) is 9.01. The molecule has 1 heterocycles. The van der Waals surface area contributed by atoms with Gasteiger partial charge < -0.3 is 19.5 Å². The Bertz CT molecular complexity index is 950. The summed E-state index contributed by atoms with van der Waals surface area (Å²) in [5.74, 6) is 1.93. The molecule has 27 heavy (non-hydrogen) atoms. The van der Waals surface area contributed by atoms with E-state index in [1.165, 1.54) is 0 Å². The summed E-state index contributed by atoms with van der Waals surface area (Å²) in [4.78, 5) is 12.4. The molecule has 1 aliphatic heterocycles. The lowest BCUT2D eigenvalue weighted by Crippen LogP contribution is -2.44. The van der Waals surface area contributed by atoms with Crippen molar-refractivity contribution in [3.8, 4) is 17.2 Å². The van der Waals surface area contributed by atoms with Crippen LogP contribution in [0.2, 0.25) is 0 Å². The smallest absolute Gasteiger partial charge is 0.260 e. The zero-order valence-electron chi connectivity index (χ0n) is 15.1. The van der Waals surface area contributed by atoms with Crippen molar-refractivity contribution in [3.63, 3.8) is 0 Å². The normalized spacial score (nSPS) is 16.6. The van der Waals surface area contributed by atoms with Crippen LogP contribution in [-0.2, 0) is 4.79 Å². The first-order chi connectivity index (χ1) is 13.2. The van der Waals surface area contributed by atoms with Gasteiger partial charge in [0.05, 0.1) is 6.54 Å². The average molecular weight is 363 g/mol. The Morgan fingerprint density at radius 1 is 1.07 bits per heavy atom. The average Bonchev–Trinajstić information content (AvgIpc) is 2.72. The van der Waals surface area contributed by atoms with Crippen molar-refractivity contribution >= 4 is 16.7 Å². The second-order valence-electron chi connectivity index (χ2n) is 6.48. The number of nitrogens with one attached hydrogen (secondary N) is 1. The molecule has 0 aromatic heterocycles. The van der Waals surface area contributed by atoms with Crippen molar-refractivity contribution in [3.05, 3.63) is 66.7 Å². The number of carbonyl (C=O) groups is 1. The van der Waals surface area contributed by atoms with E-state index in [2.05, 4.69) is 5.32 Å². The number of hydrogen-bond donors (Lipinski definition) is 1. The van der Waals surface area contributed by atoms with E-state index in [1.54, 1.807) is 6.92 Å². The molecule has 0 saturated carbocycles. The first kappa shape index (κ1) is 17.2. The third-order valence-corrected chi connectivity index (χ3v) is 4.49. The van der Waals surface area contributed by atoms with Crippen molar-refractivity contribution in [1.29, 1.82) is 0 Å². The molecule has 5 nitrogen and oxygen atoms in total. The Labute approximate surface area is 157 Å². The summed E-state index contributed by atoms with van der Waals surface area (Å²) in [6.45, 7) is 2.50. The van der Waals surface area contributed by atoms with Crippen LogP contribution in [0.4, 0.5) is 0 Å². The largest absolute Gasteiger partial charge is 0.486 e. The Kier molecular flexibility index (Phi) is 4.83. The quantitative estimate of drug-likeness (QED) is 0.753. The Balaban J connectivity index is 1.35. The number of para-hydroxylation sites is 2. The molecule has 0 bridgehead atoms. The van der Waals surface area contributed by atoms with E-state index in [0.29, 0.717) is 24.7 Å². The van der Waals surface area contributed by atoms with E-state index in [0.717, 1.165) is 16.5 Å². The van der Waals surface area contributed by atoms with Gasteiger partial charge in [-0.05, 0) is 30.5 Å². The highest BCUT2D eigenvalue weighted by molar-refractivity contribution is 5.89. The molecular formula is C22H21NO4. The van der Waals surface area contributed by atoms with Crippen LogP contribution < -0.4 is 19.5 Å². The maximum Gasteiger partial charge on any atom is 0.260 e. The molecule has 1 amide bonds. The third kappa shape index (κ3) is 3.82. The summed E-state index contributed by atoms with van der Waals surface area (Å²) in [7, 11) is 0. The predicted octanol–water partition coefficient (Wildman–Crippen LogP) is 3.56. The van der Waals surface area contributed by atoms with E-state index < -0.39 is 6.10 Å². The van der Waals surface area contributed by atoms with Crippen LogP contribution in [0.1, 0.15) is 6.92 Å². The standard InChI is InChI=1S/C22H21NO4/c1-15(26-19-12-6-8-16-7-2-3-9-18(16)19)22(24)23-13-17-14-25-20-10-4-5-11-21(20)27-17/h2-12,15,17H,13-14H2,1H3,(H,23,24)/t15-,17-/m1/s1. The number of amides is 1. The van der Waals surface area contributed by atoms with Crippen LogP contribution in [0.5, 0.6) is 17.2 Å². The first-order valence-corrected chi connectivity index (χ1v) is 9.01. The molecule has 5 heteroatoms. The van der Waals surface area contributed by atoms with Crippen molar-refractivity contribution in [2.24, 2.45) is 0 Å². The SMILES string of the molecule is C[C@@H](Oc1cccc2ccccc12)C(=O)NC[C@@H]1COc2ccccc2O1. The van der Waals surface area contributed by atoms with Crippen molar-refractivity contribution in [2.45, 2.75) is 19.1 Å². The number of carbonyl (C=O) groups excluding carboxylic acids is 1. The van der Waals surface area contributed by atoms with E-state index in [9.17, 15) is 4.79 Å². The summed E-state index contributed by atoms with van der Waals surface area (Å²) < 4.78 is 17.4. The lowest BCUT2D eigenvalue weighted by atomic mass is 10.1. The molecule has 0 radical (unpaired) electrons. The molecule has 4 rings (SSSR count). The van der Waals surface area contributed by atoms with Crippen LogP contribution >= 0.6 is 0 Å². The highest BCUT2D eigenvalue weighted by Crippen LogP contribution is 2.30. The summed E-state index contributed by atoms with van der Waals surface area (Å²) >= 11 is 0. The highest BCUT2D eigenvalue weighted by atomic mass is 16.6. The minimum atomic E-state index is -0.618. The molecule has 0 saturated heterocycles. The van der Waals surface area contributed by atoms with Gasteiger partial charge in [0.25, 0.3) is 5.91 Å². The molecule has 0 spiro atoms. The lowest BCUT2D eigenvalue weighted by Gasteiger charge is -2.27. The van der Waals surface area contributed by atoms with Gasteiger partial charge >= 0.3 is 0 Å². The minimum Gasteiger partial charge on any atom is -0.486 e. The molecule has 1 aliphatic rings. The van der Waals surface area contributed by atoms with Crippen molar-refractivity contribution < 1.29 is 19.0 Å². The van der Waals surface area contributed by atoms with Crippen LogP contribution in [0, 0.1) is 0 Å². The number of rotatable bonds is 5. The van der Waals surface area contributed by atoms with Gasteiger partial charge in [0.2, 0.25) is 0 Å². The summed E-state index contributed by atoms with van der Waals surface area (Å²) in [6.07, 6.45) is -0.846. The molecule has 3 aromatic carbocycles. The fraction of sp³-hybridized carbons (Fsp3) is 0.227. The van der Waals surface area contributed by atoms with E-state index >= 15 is 0 Å². The zero-order chi connectivity index (χ0) is 18.6. The van der Waals surface area contributed by atoms with Crippen molar-refractivity contribution in [1.82, 2.24) is 5.32 Å². The molecule has 1 N–H and O–H groups in total. The fourth-order valence-corrected chi connectivity index (χ4v) is 3.06. The maximum atomic E-state index is 12.4. The molecule has 3 aromatic rings. The van der Waals surface area contributed by atoms with Gasteiger partial charge in [-0.15, -0.1) is 0 Å². The molecule has 2 atom stereocenters. The monoisotopic (exact) mass is 363 g/mol. The maximum absolute atomic E-state index is 12.4. The van der Waals surface area contributed by atoms with Crippen LogP contribution in [0.25, 0.3) is 10.8 Å². The molecular weight excluding hydrogens is 342 g/mol. The van der Waals surface area contributed by atoms with E-state index in [-0.39, 0.29) is 12.0 Å². The van der Waals surface area contributed by atoms with Gasteiger partial charge in [0.15, 0.2) is 17.6 Å². The number of hydrogen-bond acceptors (Lipinski definition) is 4. The highest BCUT2D eigenvalue weighted by Gasteiger charge is 2.23. The topological polar surface area (TPSA) is 56.8 Å². The summed E-state index contributed by atoms with van der Waals surface area (Å²) in [6, 6.07) is 21.3. The Hall–Kier alpha value is -3.21. The van der Waals surface area contributed by atoms with Gasteiger partial charge in [-0.25, -0.2) is 0 Å². The Morgan fingerprint density at radius 2 is 1.81 bits per heavy atom. The molecule has 138 valence electrons. The Morgan fingerprint density at radius 3 is 2.70 bits per heavy atom. The minimum absolute atomic E-state index is 0.189. The molecule has 0 aliphatic carbocycles. The third-order valence-electron chi connectivity index (χ3n) is 4.49. The van der Waals surface area contributed by atoms with Crippen molar-refractivity contribution in [2.75, 3.05) is 13.2 Å². The second kappa shape index (κ2) is 7.58. The second-order valence-corrected chi connectivity index (χ2v) is 6.48. The molecule has 0 unspecified atom stereocenters. The van der Waals surface area contributed by atoms with Crippen LogP contribution in [-0.4, -0.2) is 31.3 Å². The number of benzene rings is 3.